The summed E-state index contributed by atoms with van der Waals surface area (Å²) < 4.78 is 0. The second kappa shape index (κ2) is 9.67. The zero-order valence-electron chi connectivity index (χ0n) is 19.3. The molecule has 35 heavy (non-hydrogen) atoms. The number of benzene rings is 1. The SMILES string of the molecule is CN(CCO)c1cc(/C=C2/SC(=O)NC2=O)nc(N2CC3CN(C(=O)c4ccccc4)CC3C2)n1. The number of aromatic nitrogens is 2. The van der Waals surface area contributed by atoms with Gasteiger partial charge in [0.1, 0.15) is 5.82 Å². The minimum Gasteiger partial charge on any atom is -0.395 e. The number of carbonyl (C=O) groups excluding carboxylic acids is 3. The summed E-state index contributed by atoms with van der Waals surface area (Å²) in [5, 5.41) is 11.2. The Labute approximate surface area is 207 Å². The van der Waals surface area contributed by atoms with Gasteiger partial charge in [0.05, 0.1) is 17.2 Å². The summed E-state index contributed by atoms with van der Waals surface area (Å²) in [6.07, 6.45) is 1.59. The van der Waals surface area contributed by atoms with Gasteiger partial charge in [-0.1, -0.05) is 18.2 Å². The molecule has 1 aromatic carbocycles. The molecule has 182 valence electrons. The molecule has 3 aliphatic rings. The fourth-order valence-corrected chi connectivity index (χ4v) is 5.42. The molecule has 11 heteroatoms. The molecule has 2 atom stereocenters. The Morgan fingerprint density at radius 1 is 1.17 bits per heavy atom. The predicted molar refractivity (Wildman–Crippen MR) is 133 cm³/mol. The molecule has 2 aromatic rings. The third kappa shape index (κ3) is 4.87. The van der Waals surface area contributed by atoms with Crippen molar-refractivity contribution < 1.29 is 19.5 Å². The third-order valence-corrected chi connectivity index (χ3v) is 7.36. The second-order valence-corrected chi connectivity index (χ2v) is 9.96. The Bertz CT molecular complexity index is 1180. The van der Waals surface area contributed by atoms with E-state index in [9.17, 15) is 19.5 Å². The van der Waals surface area contributed by atoms with Gasteiger partial charge < -0.3 is 19.8 Å². The highest BCUT2D eigenvalue weighted by molar-refractivity contribution is 8.18. The molecule has 1 aromatic heterocycles. The number of fused-ring (bicyclic) bond motifs is 1. The Morgan fingerprint density at radius 2 is 1.89 bits per heavy atom. The van der Waals surface area contributed by atoms with Crippen LogP contribution in [0.15, 0.2) is 41.3 Å². The molecule has 4 heterocycles. The lowest BCUT2D eigenvalue weighted by atomic mass is 10.0. The smallest absolute Gasteiger partial charge is 0.290 e. The highest BCUT2D eigenvalue weighted by Gasteiger charge is 2.42. The molecular weight excluding hydrogens is 468 g/mol. The molecule has 3 amide bonds. The van der Waals surface area contributed by atoms with Crippen LogP contribution in [0.25, 0.3) is 6.08 Å². The Hall–Kier alpha value is -3.44. The van der Waals surface area contributed by atoms with Crippen molar-refractivity contribution in [2.75, 3.05) is 56.2 Å². The van der Waals surface area contributed by atoms with Crippen molar-refractivity contribution in [2.45, 2.75) is 0 Å². The Kier molecular flexibility index (Phi) is 6.44. The standard InChI is InChI=1S/C24H26N6O4S/c1-28(7-8-31)20-10-18(9-19-21(32)27-24(34)35-19)25-23(26-20)30-13-16-11-29(12-17(16)14-30)22(33)15-5-3-2-4-6-15/h2-6,9-10,16-17,31H,7-8,11-14H2,1H3,(H,27,32,34)/b19-9+. The van der Waals surface area contributed by atoms with Crippen LogP contribution < -0.4 is 15.1 Å². The van der Waals surface area contributed by atoms with E-state index in [1.165, 1.54) is 0 Å². The lowest BCUT2D eigenvalue weighted by molar-refractivity contribution is -0.115. The summed E-state index contributed by atoms with van der Waals surface area (Å²) in [5.74, 6) is 1.41. The van der Waals surface area contributed by atoms with Gasteiger partial charge in [-0.2, -0.15) is 4.98 Å². The first kappa shape index (κ1) is 23.3. The van der Waals surface area contributed by atoms with E-state index in [1.54, 1.807) is 12.1 Å². The van der Waals surface area contributed by atoms with Gasteiger partial charge in [0.15, 0.2) is 0 Å². The molecule has 3 saturated heterocycles. The molecule has 0 bridgehead atoms. The van der Waals surface area contributed by atoms with Crippen LogP contribution in [-0.2, 0) is 4.79 Å². The first-order valence-electron chi connectivity index (χ1n) is 11.5. The number of likely N-dealkylation sites (tertiary alicyclic amines) is 1. The number of amides is 3. The molecular formula is C24H26N6O4S. The zero-order valence-corrected chi connectivity index (χ0v) is 20.1. The quantitative estimate of drug-likeness (QED) is 0.575. The van der Waals surface area contributed by atoms with Crippen LogP contribution in [0.1, 0.15) is 16.1 Å². The van der Waals surface area contributed by atoms with Crippen LogP contribution in [0.5, 0.6) is 0 Å². The molecule has 0 spiro atoms. The summed E-state index contributed by atoms with van der Waals surface area (Å²) in [6, 6.07) is 11.1. The average Bonchev–Trinajstić information content (AvgIpc) is 3.52. The van der Waals surface area contributed by atoms with Crippen molar-refractivity contribution >= 4 is 46.7 Å². The largest absolute Gasteiger partial charge is 0.395 e. The van der Waals surface area contributed by atoms with Crippen LogP contribution in [0, 0.1) is 11.8 Å². The van der Waals surface area contributed by atoms with Crippen LogP contribution in [0.4, 0.5) is 16.6 Å². The normalized spacial score (nSPS) is 22.6. The van der Waals surface area contributed by atoms with E-state index in [4.69, 9.17) is 4.98 Å². The van der Waals surface area contributed by atoms with E-state index in [1.807, 2.05) is 47.2 Å². The summed E-state index contributed by atoms with van der Waals surface area (Å²) in [7, 11) is 1.82. The highest BCUT2D eigenvalue weighted by atomic mass is 32.2. The van der Waals surface area contributed by atoms with E-state index in [-0.39, 0.29) is 17.4 Å². The highest BCUT2D eigenvalue weighted by Crippen LogP contribution is 2.34. The number of hydrogen-bond donors (Lipinski definition) is 2. The summed E-state index contributed by atoms with van der Waals surface area (Å²) >= 11 is 0.842. The van der Waals surface area contributed by atoms with Crippen LogP contribution in [0.3, 0.4) is 0 Å². The lowest BCUT2D eigenvalue weighted by Gasteiger charge is -2.24. The number of rotatable bonds is 6. The topological polar surface area (TPSA) is 119 Å². The maximum Gasteiger partial charge on any atom is 0.290 e. The maximum atomic E-state index is 12.9. The van der Waals surface area contributed by atoms with E-state index < -0.39 is 11.1 Å². The monoisotopic (exact) mass is 494 g/mol. The molecule has 0 radical (unpaired) electrons. The molecule has 0 saturated carbocycles. The van der Waals surface area contributed by atoms with E-state index in [0.29, 0.717) is 54.5 Å². The van der Waals surface area contributed by atoms with E-state index in [2.05, 4.69) is 15.2 Å². The number of thioether (sulfide) groups is 1. The molecule has 2 unspecified atom stereocenters. The maximum absolute atomic E-state index is 12.9. The third-order valence-electron chi connectivity index (χ3n) is 6.55. The van der Waals surface area contributed by atoms with Gasteiger partial charge in [-0.15, -0.1) is 0 Å². The molecule has 10 nitrogen and oxygen atoms in total. The molecule has 0 aliphatic carbocycles. The number of nitrogens with zero attached hydrogens (tertiary/aromatic N) is 5. The number of nitrogens with one attached hydrogen (secondary N) is 1. The fraction of sp³-hybridized carbons (Fsp3) is 0.375. The zero-order chi connectivity index (χ0) is 24.5. The van der Waals surface area contributed by atoms with Gasteiger partial charge in [0, 0.05) is 63.2 Å². The Morgan fingerprint density at radius 3 is 2.51 bits per heavy atom. The molecule has 5 rings (SSSR count). The van der Waals surface area contributed by atoms with Crippen molar-refractivity contribution in [1.82, 2.24) is 20.2 Å². The molecule has 3 aliphatic heterocycles. The van der Waals surface area contributed by atoms with Crippen LogP contribution >= 0.6 is 11.8 Å². The lowest BCUT2D eigenvalue weighted by Crippen LogP contribution is -2.34. The molecule has 2 N–H and O–H groups in total. The molecule has 3 fully saturated rings. The predicted octanol–water partition coefficient (Wildman–Crippen LogP) is 1.44. The number of carbonyl (C=O) groups is 3. The average molecular weight is 495 g/mol. The number of aliphatic hydroxyl groups is 1. The minimum absolute atomic E-state index is 0.0296. The first-order chi connectivity index (χ1) is 16.9. The van der Waals surface area contributed by atoms with Crippen molar-refractivity contribution in [1.29, 1.82) is 0 Å². The second-order valence-electron chi connectivity index (χ2n) is 8.95. The summed E-state index contributed by atoms with van der Waals surface area (Å²) in [6.45, 7) is 3.18. The van der Waals surface area contributed by atoms with E-state index >= 15 is 0 Å². The number of imide groups is 1. The fourth-order valence-electron chi connectivity index (χ4n) is 4.76. The number of hydrogen-bond acceptors (Lipinski definition) is 9. The van der Waals surface area contributed by atoms with Crippen LogP contribution in [-0.4, -0.2) is 83.4 Å². The van der Waals surface area contributed by atoms with Gasteiger partial charge in [-0.25, -0.2) is 4.98 Å². The van der Waals surface area contributed by atoms with E-state index in [0.717, 1.165) is 24.9 Å². The van der Waals surface area contributed by atoms with Gasteiger partial charge in [-0.3, -0.25) is 19.7 Å². The number of aliphatic hydroxyl groups excluding tert-OH is 1. The van der Waals surface area contributed by atoms with Crippen molar-refractivity contribution in [3.8, 4) is 0 Å². The van der Waals surface area contributed by atoms with Gasteiger partial charge in [-0.05, 0) is 30.0 Å². The van der Waals surface area contributed by atoms with Gasteiger partial charge >= 0.3 is 0 Å². The van der Waals surface area contributed by atoms with Crippen molar-refractivity contribution in [3.63, 3.8) is 0 Å². The minimum atomic E-state index is -0.440. The van der Waals surface area contributed by atoms with Gasteiger partial charge in [0.2, 0.25) is 5.95 Å². The summed E-state index contributed by atoms with van der Waals surface area (Å²) in [5.41, 5.74) is 1.22. The Balaban J connectivity index is 1.35. The first-order valence-corrected chi connectivity index (χ1v) is 12.3. The summed E-state index contributed by atoms with van der Waals surface area (Å²) in [4.78, 5) is 52.0. The number of likely N-dealkylation sites (N-methyl/N-ethyl adjacent to an activating group) is 1. The van der Waals surface area contributed by atoms with Crippen molar-refractivity contribution in [2.24, 2.45) is 11.8 Å². The van der Waals surface area contributed by atoms with Crippen molar-refractivity contribution in [3.05, 3.63) is 52.6 Å². The number of anilines is 2. The van der Waals surface area contributed by atoms with Gasteiger partial charge in [0.25, 0.3) is 17.1 Å². The van der Waals surface area contributed by atoms with Crippen LogP contribution in [0.2, 0.25) is 0 Å².